The molecule has 1 saturated carbocycles. The number of hydrogen-bond acceptors (Lipinski definition) is 8. The second-order valence-corrected chi connectivity index (χ2v) is 9.89. The summed E-state index contributed by atoms with van der Waals surface area (Å²) in [6.07, 6.45) is 5.50. The number of nitrogens with zero attached hydrogens (tertiary/aromatic N) is 4. The van der Waals surface area contributed by atoms with Crippen LogP contribution in [0, 0.1) is 23.1 Å². The zero-order chi connectivity index (χ0) is 25.7. The van der Waals surface area contributed by atoms with Gasteiger partial charge in [-0.05, 0) is 36.0 Å². The lowest BCUT2D eigenvalue weighted by Gasteiger charge is -2.27. The van der Waals surface area contributed by atoms with Crippen LogP contribution in [0.2, 0.25) is 5.02 Å². The fourth-order valence-corrected chi connectivity index (χ4v) is 6.25. The van der Waals surface area contributed by atoms with Crippen LogP contribution in [0.15, 0.2) is 65.5 Å². The monoisotopic (exact) mass is 517 g/mol. The van der Waals surface area contributed by atoms with E-state index >= 15 is 0 Å². The maximum absolute atomic E-state index is 14.7. The molecule has 6 rings (SSSR count). The number of benzene rings is 2. The fraction of sp³-hybridized carbons (Fsp3) is 0.259. The van der Waals surface area contributed by atoms with Crippen LogP contribution >= 0.6 is 11.6 Å². The Morgan fingerprint density at radius 2 is 2.03 bits per heavy atom. The van der Waals surface area contributed by atoms with Crippen LogP contribution in [0.25, 0.3) is 11.5 Å². The first kappa shape index (κ1) is 23.6. The highest BCUT2D eigenvalue weighted by Gasteiger charge is 2.66. The van der Waals surface area contributed by atoms with Gasteiger partial charge in [0.2, 0.25) is 5.89 Å². The molecule has 2 aliphatic rings. The van der Waals surface area contributed by atoms with Crippen LogP contribution in [0.4, 0.5) is 16.0 Å². The topological polar surface area (TPSA) is 131 Å². The third kappa shape index (κ3) is 3.69. The molecule has 10 heteroatoms. The Kier molecular flexibility index (Phi) is 5.69. The Hall–Kier alpha value is -3.82. The second-order valence-electron chi connectivity index (χ2n) is 9.51. The van der Waals surface area contributed by atoms with E-state index in [1.807, 2.05) is 12.1 Å². The minimum atomic E-state index is -0.355. The standard InChI is InChI=1S/C27H25ClFN7O/c28-22-15(4-3-5-16(22)26-33-9-11-37-26)23(31)24-25(32)35-21(12-34-24)36-10-8-17-19(13-36)27(17,14-30)18-6-1-2-7-20(18)29/h1-7,9,11-12,17,19,31H,8,10,13-14,30H2,(H2,32,35)/t17-,19+,27-/m1/s1. The third-order valence-corrected chi connectivity index (χ3v) is 8.23. The Balaban J connectivity index is 1.24. The maximum atomic E-state index is 14.7. The summed E-state index contributed by atoms with van der Waals surface area (Å²) in [5.41, 5.74) is 14.2. The summed E-state index contributed by atoms with van der Waals surface area (Å²) in [6, 6.07) is 12.2. The lowest BCUT2D eigenvalue weighted by Crippen LogP contribution is -2.33. The van der Waals surface area contributed by atoms with Gasteiger partial charge in [0, 0.05) is 30.6 Å². The van der Waals surface area contributed by atoms with Crippen LogP contribution < -0.4 is 16.4 Å². The van der Waals surface area contributed by atoms with Crippen molar-refractivity contribution >= 4 is 28.9 Å². The van der Waals surface area contributed by atoms with E-state index in [9.17, 15) is 4.39 Å². The van der Waals surface area contributed by atoms with Gasteiger partial charge in [0.15, 0.2) is 5.82 Å². The number of nitrogens with one attached hydrogen (secondary N) is 1. The van der Waals surface area contributed by atoms with E-state index in [1.54, 1.807) is 30.5 Å². The highest BCUT2D eigenvalue weighted by molar-refractivity contribution is 6.37. The van der Waals surface area contributed by atoms with Crippen molar-refractivity contribution in [2.75, 3.05) is 30.3 Å². The summed E-state index contributed by atoms with van der Waals surface area (Å²) in [7, 11) is 0. The average molecular weight is 518 g/mol. The predicted octanol–water partition coefficient (Wildman–Crippen LogP) is 4.28. The molecule has 1 aliphatic heterocycles. The van der Waals surface area contributed by atoms with Gasteiger partial charge in [-0.25, -0.2) is 19.3 Å². The lowest BCUT2D eigenvalue weighted by molar-refractivity contribution is 0.533. The third-order valence-electron chi connectivity index (χ3n) is 7.82. The molecule has 0 unspecified atom stereocenters. The maximum Gasteiger partial charge on any atom is 0.227 e. The van der Waals surface area contributed by atoms with E-state index in [4.69, 9.17) is 32.9 Å². The Labute approximate surface area is 218 Å². The summed E-state index contributed by atoms with van der Waals surface area (Å²) < 4.78 is 20.0. The van der Waals surface area contributed by atoms with Crippen molar-refractivity contribution in [1.29, 1.82) is 5.41 Å². The number of anilines is 2. The van der Waals surface area contributed by atoms with Crippen molar-refractivity contribution in [3.63, 3.8) is 0 Å². The van der Waals surface area contributed by atoms with Gasteiger partial charge in [-0.2, -0.15) is 0 Å². The number of oxazole rings is 1. The average Bonchev–Trinajstić information content (AvgIpc) is 3.24. The van der Waals surface area contributed by atoms with Crippen molar-refractivity contribution in [1.82, 2.24) is 15.0 Å². The number of piperidine rings is 1. The molecule has 0 spiro atoms. The van der Waals surface area contributed by atoms with Gasteiger partial charge in [-0.1, -0.05) is 41.9 Å². The number of hydrogen-bond donors (Lipinski definition) is 3. The molecule has 8 nitrogen and oxygen atoms in total. The smallest absolute Gasteiger partial charge is 0.227 e. The molecule has 1 saturated heterocycles. The van der Waals surface area contributed by atoms with Crippen molar-refractivity contribution < 1.29 is 8.81 Å². The van der Waals surface area contributed by atoms with Crippen LogP contribution in [0.5, 0.6) is 0 Å². The number of nitrogens with two attached hydrogens (primary N) is 2. The van der Waals surface area contributed by atoms with Gasteiger partial charge in [0.25, 0.3) is 0 Å². The highest BCUT2D eigenvalue weighted by atomic mass is 35.5. The Morgan fingerprint density at radius 3 is 2.76 bits per heavy atom. The van der Waals surface area contributed by atoms with Gasteiger partial charge >= 0.3 is 0 Å². The number of aromatic nitrogens is 3. The number of fused-ring (bicyclic) bond motifs is 1. The van der Waals surface area contributed by atoms with Crippen LogP contribution in [0.1, 0.15) is 23.2 Å². The highest BCUT2D eigenvalue weighted by Crippen LogP contribution is 2.63. The minimum Gasteiger partial charge on any atom is -0.444 e. The van der Waals surface area contributed by atoms with Gasteiger partial charge < -0.3 is 20.8 Å². The van der Waals surface area contributed by atoms with Gasteiger partial charge in [0.05, 0.1) is 28.7 Å². The molecule has 188 valence electrons. The molecule has 1 aliphatic carbocycles. The van der Waals surface area contributed by atoms with E-state index in [-0.39, 0.29) is 34.4 Å². The van der Waals surface area contributed by atoms with E-state index in [1.165, 1.54) is 18.5 Å². The number of rotatable bonds is 6. The van der Waals surface area contributed by atoms with Crippen molar-refractivity contribution in [3.8, 4) is 11.5 Å². The Bertz CT molecular complexity index is 1490. The first-order valence-electron chi connectivity index (χ1n) is 12.1. The van der Waals surface area contributed by atoms with Gasteiger partial charge in [-0.15, -0.1) is 0 Å². The van der Waals surface area contributed by atoms with Gasteiger partial charge in [-0.3, -0.25) is 5.41 Å². The summed E-state index contributed by atoms with van der Waals surface area (Å²) >= 11 is 6.60. The molecule has 0 amide bonds. The van der Waals surface area contributed by atoms with Crippen molar-refractivity contribution in [2.45, 2.75) is 11.8 Å². The van der Waals surface area contributed by atoms with E-state index < -0.39 is 0 Å². The van der Waals surface area contributed by atoms with E-state index in [2.05, 4.69) is 19.9 Å². The molecule has 0 radical (unpaired) electrons. The quantitative estimate of drug-likeness (QED) is 0.325. The largest absolute Gasteiger partial charge is 0.444 e. The van der Waals surface area contributed by atoms with E-state index in [0.29, 0.717) is 52.4 Å². The zero-order valence-corrected chi connectivity index (χ0v) is 20.6. The molecule has 37 heavy (non-hydrogen) atoms. The zero-order valence-electron chi connectivity index (χ0n) is 19.9. The van der Waals surface area contributed by atoms with Crippen LogP contribution in [0.3, 0.4) is 0 Å². The molecule has 5 N–H and O–H groups in total. The first-order valence-corrected chi connectivity index (χ1v) is 12.4. The number of nitrogen functional groups attached to an aromatic ring is 1. The molecular weight excluding hydrogens is 493 g/mol. The summed E-state index contributed by atoms with van der Waals surface area (Å²) in [6.45, 7) is 1.83. The van der Waals surface area contributed by atoms with Gasteiger partial charge in [0.1, 0.15) is 23.6 Å². The molecule has 4 aromatic rings. The number of halogens is 2. The summed E-state index contributed by atoms with van der Waals surface area (Å²) in [5.74, 6) is 1.48. The van der Waals surface area contributed by atoms with Crippen molar-refractivity contribution in [2.24, 2.45) is 17.6 Å². The normalized spacial score (nSPS) is 22.5. The van der Waals surface area contributed by atoms with Crippen LogP contribution in [-0.4, -0.2) is 40.3 Å². The van der Waals surface area contributed by atoms with Crippen molar-refractivity contribution in [3.05, 3.63) is 88.8 Å². The van der Waals surface area contributed by atoms with Crippen LogP contribution in [-0.2, 0) is 5.41 Å². The SMILES string of the molecule is N=C(c1cccc(-c2ncco2)c1Cl)c1ncc(N2CC[C@@H]3[C@H](C2)[C@@]3(CN)c2ccccc2F)nc1N. The molecule has 2 aromatic heterocycles. The first-order chi connectivity index (χ1) is 18.0. The fourth-order valence-electron chi connectivity index (χ4n) is 5.95. The summed E-state index contributed by atoms with van der Waals surface area (Å²) in [4.78, 5) is 15.3. The molecule has 0 bridgehead atoms. The Morgan fingerprint density at radius 1 is 1.19 bits per heavy atom. The second kappa shape index (κ2) is 8.93. The predicted molar refractivity (Wildman–Crippen MR) is 140 cm³/mol. The molecule has 3 heterocycles. The molecular formula is C27H25ClFN7O. The lowest BCUT2D eigenvalue weighted by atomic mass is 9.91. The molecule has 2 fully saturated rings. The van der Waals surface area contributed by atoms with E-state index in [0.717, 1.165) is 13.0 Å². The molecule has 3 atom stereocenters. The molecule has 2 aromatic carbocycles. The minimum absolute atomic E-state index is 0.0533. The summed E-state index contributed by atoms with van der Waals surface area (Å²) in [5, 5.41) is 9.06.